The number of carbonyl (C=O) groups excluding carboxylic acids is 2. The number of hydrogen-bond acceptors (Lipinski definition) is 4. The van der Waals surface area contributed by atoms with Gasteiger partial charge in [0, 0.05) is 17.7 Å². The highest BCUT2D eigenvalue weighted by molar-refractivity contribution is 6.06. The third-order valence-electron chi connectivity index (χ3n) is 2.61. The molecule has 4 nitrogen and oxygen atoms in total. The van der Waals surface area contributed by atoms with Gasteiger partial charge in [0.05, 0.1) is 5.56 Å². The first-order valence-corrected chi connectivity index (χ1v) is 5.44. The van der Waals surface area contributed by atoms with Crippen LogP contribution in [0.25, 0.3) is 10.8 Å². The van der Waals surface area contributed by atoms with Crippen molar-refractivity contribution >= 4 is 22.5 Å². The van der Waals surface area contributed by atoms with Crippen molar-refractivity contribution in [2.45, 2.75) is 13.8 Å². The van der Waals surface area contributed by atoms with E-state index in [2.05, 4.69) is 0 Å². The number of ether oxygens (including phenoxy) is 1. The summed E-state index contributed by atoms with van der Waals surface area (Å²) in [7, 11) is 0. The molecule has 2 aromatic rings. The summed E-state index contributed by atoms with van der Waals surface area (Å²) in [5.41, 5.74) is 0.143. The van der Waals surface area contributed by atoms with E-state index < -0.39 is 5.97 Å². The number of esters is 1. The quantitative estimate of drug-likeness (QED) is 0.501. The van der Waals surface area contributed by atoms with Crippen LogP contribution < -0.4 is 4.74 Å². The lowest BCUT2D eigenvalue weighted by atomic mass is 10.0. The Morgan fingerprint density at radius 3 is 2.28 bits per heavy atom. The number of aromatic hydroxyl groups is 1. The van der Waals surface area contributed by atoms with Crippen LogP contribution in [-0.4, -0.2) is 16.9 Å². The van der Waals surface area contributed by atoms with Crippen LogP contribution in [0.2, 0.25) is 0 Å². The van der Waals surface area contributed by atoms with Gasteiger partial charge in [0.15, 0.2) is 5.78 Å². The summed E-state index contributed by atoms with van der Waals surface area (Å²) in [4.78, 5) is 22.5. The molecule has 0 amide bonds. The maximum absolute atomic E-state index is 11.4. The number of phenols is 1. The van der Waals surface area contributed by atoms with Crippen molar-refractivity contribution in [3.63, 3.8) is 0 Å². The van der Waals surface area contributed by atoms with Crippen molar-refractivity contribution in [2.75, 3.05) is 0 Å². The average molecular weight is 244 g/mol. The second kappa shape index (κ2) is 4.49. The second-order valence-electron chi connectivity index (χ2n) is 3.97. The number of hydrogen-bond donors (Lipinski definition) is 1. The fourth-order valence-electron chi connectivity index (χ4n) is 1.83. The minimum Gasteiger partial charge on any atom is -0.507 e. The van der Waals surface area contributed by atoms with E-state index in [0.717, 1.165) is 0 Å². The molecule has 0 aromatic heterocycles. The van der Waals surface area contributed by atoms with Crippen molar-refractivity contribution in [1.29, 1.82) is 0 Å². The van der Waals surface area contributed by atoms with Gasteiger partial charge in [0.1, 0.15) is 11.5 Å². The van der Waals surface area contributed by atoms with Gasteiger partial charge in [0.2, 0.25) is 0 Å². The normalized spacial score (nSPS) is 10.3. The first-order valence-electron chi connectivity index (χ1n) is 5.44. The van der Waals surface area contributed by atoms with Crippen molar-refractivity contribution < 1.29 is 19.4 Å². The molecule has 0 saturated carbocycles. The average Bonchev–Trinajstić information content (AvgIpc) is 2.32. The molecule has 0 heterocycles. The Morgan fingerprint density at radius 2 is 1.72 bits per heavy atom. The molecule has 0 aliphatic carbocycles. The first kappa shape index (κ1) is 12.1. The lowest BCUT2D eigenvalue weighted by molar-refractivity contribution is -0.131. The molecule has 0 spiro atoms. The van der Waals surface area contributed by atoms with Crippen molar-refractivity contribution in [3.05, 3.63) is 35.9 Å². The zero-order valence-electron chi connectivity index (χ0n) is 10.1. The number of rotatable bonds is 2. The van der Waals surface area contributed by atoms with E-state index in [1.165, 1.54) is 19.9 Å². The summed E-state index contributed by atoms with van der Waals surface area (Å²) in [6.45, 7) is 2.64. The maximum Gasteiger partial charge on any atom is 0.308 e. The highest BCUT2D eigenvalue weighted by Crippen LogP contribution is 2.36. The summed E-state index contributed by atoms with van der Waals surface area (Å²) in [5, 5.41) is 11.1. The van der Waals surface area contributed by atoms with Gasteiger partial charge in [-0.1, -0.05) is 24.3 Å². The summed E-state index contributed by atoms with van der Waals surface area (Å²) in [5.74, 6) is -0.567. The van der Waals surface area contributed by atoms with Gasteiger partial charge in [-0.15, -0.1) is 0 Å². The predicted molar refractivity (Wildman–Crippen MR) is 66.9 cm³/mol. The molecule has 0 aliphatic rings. The number of phenolic OH excluding ortho intramolecular Hbond substituents is 1. The number of fused-ring (bicyclic) bond motifs is 1. The van der Waals surface area contributed by atoms with E-state index in [4.69, 9.17) is 4.74 Å². The van der Waals surface area contributed by atoms with Crippen molar-refractivity contribution in [1.82, 2.24) is 0 Å². The Kier molecular flexibility index (Phi) is 3.02. The molecule has 0 bridgehead atoms. The molecule has 1 N–H and O–H groups in total. The van der Waals surface area contributed by atoms with Gasteiger partial charge in [-0.2, -0.15) is 0 Å². The summed E-state index contributed by atoms with van der Waals surface area (Å²) in [6, 6.07) is 8.29. The first-order chi connectivity index (χ1) is 8.50. The second-order valence-corrected chi connectivity index (χ2v) is 3.97. The number of carbonyl (C=O) groups is 2. The lowest BCUT2D eigenvalue weighted by Gasteiger charge is -2.10. The highest BCUT2D eigenvalue weighted by atomic mass is 16.5. The monoisotopic (exact) mass is 244 g/mol. The molecule has 2 rings (SSSR count). The summed E-state index contributed by atoms with van der Waals surface area (Å²) >= 11 is 0. The Balaban J connectivity index is 2.79. The zero-order valence-corrected chi connectivity index (χ0v) is 10.1. The van der Waals surface area contributed by atoms with E-state index in [-0.39, 0.29) is 22.8 Å². The predicted octanol–water partition coefficient (Wildman–Crippen LogP) is 2.67. The topological polar surface area (TPSA) is 63.6 Å². The van der Waals surface area contributed by atoms with Crippen LogP contribution in [0.1, 0.15) is 24.2 Å². The van der Waals surface area contributed by atoms with Gasteiger partial charge in [0.25, 0.3) is 0 Å². The van der Waals surface area contributed by atoms with Gasteiger partial charge in [-0.3, -0.25) is 9.59 Å². The van der Waals surface area contributed by atoms with E-state index >= 15 is 0 Å². The largest absolute Gasteiger partial charge is 0.507 e. The van der Waals surface area contributed by atoms with Gasteiger partial charge in [-0.05, 0) is 13.0 Å². The summed E-state index contributed by atoms with van der Waals surface area (Å²) < 4.78 is 5.07. The molecule has 0 atom stereocenters. The zero-order chi connectivity index (χ0) is 13.3. The molecule has 2 aromatic carbocycles. The van der Waals surface area contributed by atoms with Gasteiger partial charge >= 0.3 is 5.97 Å². The molecular weight excluding hydrogens is 232 g/mol. The molecule has 0 radical (unpaired) electrons. The van der Waals surface area contributed by atoms with Crippen molar-refractivity contribution in [3.8, 4) is 11.5 Å². The SMILES string of the molecule is CC(=O)Oc1cc(C(C)=O)c(O)c2ccccc12. The highest BCUT2D eigenvalue weighted by Gasteiger charge is 2.15. The Hall–Kier alpha value is -2.36. The van der Waals surface area contributed by atoms with Crippen LogP contribution in [-0.2, 0) is 4.79 Å². The van der Waals surface area contributed by atoms with Crippen LogP contribution >= 0.6 is 0 Å². The molecule has 18 heavy (non-hydrogen) atoms. The van der Waals surface area contributed by atoms with E-state index in [1.807, 2.05) is 0 Å². The Bertz CT molecular complexity index is 644. The van der Waals surface area contributed by atoms with Crippen LogP contribution in [0.4, 0.5) is 0 Å². The number of benzene rings is 2. The Morgan fingerprint density at radius 1 is 1.11 bits per heavy atom. The smallest absolute Gasteiger partial charge is 0.308 e. The molecule has 92 valence electrons. The van der Waals surface area contributed by atoms with Crippen LogP contribution in [0.15, 0.2) is 30.3 Å². The number of ketones is 1. The fraction of sp³-hybridized carbons (Fsp3) is 0.143. The molecule has 0 fully saturated rings. The van der Waals surface area contributed by atoms with Crippen molar-refractivity contribution in [2.24, 2.45) is 0 Å². The molecule has 0 saturated heterocycles. The molecule has 0 aliphatic heterocycles. The Labute approximate surface area is 104 Å². The third-order valence-corrected chi connectivity index (χ3v) is 2.61. The maximum atomic E-state index is 11.4. The number of Topliss-reactive ketones (excluding diaryl/α,β-unsaturated/α-hetero) is 1. The minimum atomic E-state index is -0.472. The van der Waals surface area contributed by atoms with E-state index in [1.54, 1.807) is 24.3 Å². The molecule has 4 heteroatoms. The van der Waals surface area contributed by atoms with Crippen LogP contribution in [0.5, 0.6) is 11.5 Å². The fourth-order valence-corrected chi connectivity index (χ4v) is 1.83. The summed E-state index contributed by atoms with van der Waals surface area (Å²) in [6.07, 6.45) is 0. The minimum absolute atomic E-state index is 0.0889. The van der Waals surface area contributed by atoms with Crippen LogP contribution in [0.3, 0.4) is 0 Å². The van der Waals surface area contributed by atoms with Crippen LogP contribution in [0, 0.1) is 0 Å². The third kappa shape index (κ3) is 2.05. The molecular formula is C14H12O4. The van der Waals surface area contributed by atoms with E-state index in [0.29, 0.717) is 10.8 Å². The van der Waals surface area contributed by atoms with Gasteiger partial charge < -0.3 is 9.84 Å². The molecule has 0 unspecified atom stereocenters. The van der Waals surface area contributed by atoms with Gasteiger partial charge in [-0.25, -0.2) is 0 Å². The lowest BCUT2D eigenvalue weighted by Crippen LogP contribution is -2.04. The van der Waals surface area contributed by atoms with E-state index in [9.17, 15) is 14.7 Å². The standard InChI is InChI=1S/C14H12O4/c1-8(15)12-7-13(18-9(2)16)10-5-3-4-6-11(10)14(12)17/h3-7,17H,1-2H3.